The second kappa shape index (κ2) is 5.03. The lowest BCUT2D eigenvalue weighted by Gasteiger charge is -2.09. The summed E-state index contributed by atoms with van der Waals surface area (Å²) in [6.07, 6.45) is 0. The fourth-order valence-electron chi connectivity index (χ4n) is 1.54. The van der Waals surface area contributed by atoms with Gasteiger partial charge in [0.05, 0.1) is 0 Å². The van der Waals surface area contributed by atoms with Crippen molar-refractivity contribution in [1.82, 2.24) is 0 Å². The molecular formula is C14H9BrClF. The molecule has 0 spiro atoms. The standard InChI is InChI=1S/C14H9BrClF/c1-9(10-2-4-11(16)5-3-10)13-8-12(17)6-7-14(13)15/h2-8H,1H2. The molecular weight excluding hydrogens is 303 g/mol. The number of halogens is 3. The monoisotopic (exact) mass is 310 g/mol. The Labute approximate surface area is 113 Å². The minimum absolute atomic E-state index is 0.279. The highest BCUT2D eigenvalue weighted by molar-refractivity contribution is 9.10. The molecule has 86 valence electrons. The van der Waals surface area contributed by atoms with E-state index in [0.717, 1.165) is 21.2 Å². The molecule has 17 heavy (non-hydrogen) atoms. The topological polar surface area (TPSA) is 0 Å². The van der Waals surface area contributed by atoms with Gasteiger partial charge in [-0.25, -0.2) is 4.39 Å². The average Bonchev–Trinajstić information content (AvgIpc) is 2.32. The van der Waals surface area contributed by atoms with Gasteiger partial charge in [0.2, 0.25) is 0 Å². The van der Waals surface area contributed by atoms with Gasteiger partial charge in [-0.3, -0.25) is 0 Å². The highest BCUT2D eigenvalue weighted by atomic mass is 79.9. The Morgan fingerprint density at radius 2 is 1.76 bits per heavy atom. The number of rotatable bonds is 2. The van der Waals surface area contributed by atoms with Gasteiger partial charge < -0.3 is 0 Å². The van der Waals surface area contributed by atoms with Crippen LogP contribution in [-0.2, 0) is 0 Å². The van der Waals surface area contributed by atoms with Crippen LogP contribution in [0, 0.1) is 5.82 Å². The van der Waals surface area contributed by atoms with Crippen LogP contribution in [0.15, 0.2) is 53.5 Å². The Balaban J connectivity index is 2.43. The molecule has 0 nitrogen and oxygen atoms in total. The summed E-state index contributed by atoms with van der Waals surface area (Å²) in [5, 5.41) is 0.667. The lowest BCUT2D eigenvalue weighted by molar-refractivity contribution is 0.627. The number of benzene rings is 2. The third kappa shape index (κ3) is 2.76. The van der Waals surface area contributed by atoms with Crippen LogP contribution in [0.1, 0.15) is 11.1 Å². The third-order valence-electron chi connectivity index (χ3n) is 2.45. The van der Waals surface area contributed by atoms with Gasteiger partial charge >= 0.3 is 0 Å². The van der Waals surface area contributed by atoms with Gasteiger partial charge in [0.15, 0.2) is 0 Å². The Kier molecular flexibility index (Phi) is 3.65. The van der Waals surface area contributed by atoms with Crippen LogP contribution in [-0.4, -0.2) is 0 Å². The van der Waals surface area contributed by atoms with Gasteiger partial charge in [-0.15, -0.1) is 0 Å². The maximum absolute atomic E-state index is 13.2. The molecule has 2 aromatic carbocycles. The van der Waals surface area contributed by atoms with Gasteiger partial charge in [-0.05, 0) is 47.0 Å². The molecule has 0 saturated heterocycles. The number of hydrogen-bond donors (Lipinski definition) is 0. The van der Waals surface area contributed by atoms with Crippen molar-refractivity contribution in [3.63, 3.8) is 0 Å². The van der Waals surface area contributed by atoms with E-state index in [1.165, 1.54) is 12.1 Å². The lowest BCUT2D eigenvalue weighted by atomic mass is 10.00. The largest absolute Gasteiger partial charge is 0.207 e. The van der Waals surface area contributed by atoms with Crippen LogP contribution in [0.5, 0.6) is 0 Å². The summed E-state index contributed by atoms with van der Waals surface area (Å²) in [7, 11) is 0. The molecule has 0 N–H and O–H groups in total. The van der Waals surface area contributed by atoms with Gasteiger partial charge in [0, 0.05) is 9.50 Å². The minimum Gasteiger partial charge on any atom is -0.207 e. The molecule has 0 aliphatic heterocycles. The quantitative estimate of drug-likeness (QED) is 0.705. The van der Waals surface area contributed by atoms with E-state index in [-0.39, 0.29) is 5.82 Å². The first-order valence-corrected chi connectivity index (χ1v) is 6.15. The Morgan fingerprint density at radius 1 is 1.12 bits per heavy atom. The first-order valence-electron chi connectivity index (χ1n) is 4.98. The molecule has 0 amide bonds. The predicted octanol–water partition coefficient (Wildman–Crippen LogP) is 5.30. The summed E-state index contributed by atoms with van der Waals surface area (Å²) < 4.78 is 14.0. The van der Waals surface area contributed by atoms with E-state index in [9.17, 15) is 4.39 Å². The molecule has 0 fully saturated rings. The summed E-state index contributed by atoms with van der Waals surface area (Å²) in [6.45, 7) is 3.99. The van der Waals surface area contributed by atoms with Crippen molar-refractivity contribution in [2.45, 2.75) is 0 Å². The fourth-order valence-corrected chi connectivity index (χ4v) is 2.15. The SMILES string of the molecule is C=C(c1ccc(Cl)cc1)c1cc(F)ccc1Br. The molecule has 0 radical (unpaired) electrons. The van der Waals surface area contributed by atoms with Gasteiger partial charge in [-0.2, -0.15) is 0 Å². The highest BCUT2D eigenvalue weighted by Gasteiger charge is 2.07. The van der Waals surface area contributed by atoms with Gasteiger partial charge in [-0.1, -0.05) is 46.2 Å². The first-order chi connectivity index (χ1) is 8.08. The summed E-state index contributed by atoms with van der Waals surface area (Å²) in [5.41, 5.74) is 2.42. The lowest BCUT2D eigenvalue weighted by Crippen LogP contribution is -1.89. The number of hydrogen-bond acceptors (Lipinski definition) is 0. The second-order valence-electron chi connectivity index (χ2n) is 3.61. The molecule has 0 bridgehead atoms. The zero-order valence-electron chi connectivity index (χ0n) is 8.88. The van der Waals surface area contributed by atoms with E-state index in [2.05, 4.69) is 22.5 Å². The van der Waals surface area contributed by atoms with E-state index in [4.69, 9.17) is 11.6 Å². The Morgan fingerprint density at radius 3 is 2.41 bits per heavy atom. The van der Waals surface area contributed by atoms with Crippen molar-refractivity contribution in [3.8, 4) is 0 Å². The predicted molar refractivity (Wildman–Crippen MR) is 73.7 cm³/mol. The van der Waals surface area contributed by atoms with Crippen molar-refractivity contribution in [2.75, 3.05) is 0 Å². The fraction of sp³-hybridized carbons (Fsp3) is 0. The normalized spacial score (nSPS) is 10.3. The van der Waals surface area contributed by atoms with E-state index >= 15 is 0 Å². The molecule has 2 aromatic rings. The highest BCUT2D eigenvalue weighted by Crippen LogP contribution is 2.29. The van der Waals surface area contributed by atoms with E-state index in [0.29, 0.717) is 5.02 Å². The van der Waals surface area contributed by atoms with Gasteiger partial charge in [0.25, 0.3) is 0 Å². The van der Waals surface area contributed by atoms with Gasteiger partial charge in [0.1, 0.15) is 5.82 Å². The van der Waals surface area contributed by atoms with Crippen LogP contribution in [0.25, 0.3) is 5.57 Å². The summed E-state index contributed by atoms with van der Waals surface area (Å²) in [5.74, 6) is -0.279. The van der Waals surface area contributed by atoms with Crippen molar-refractivity contribution in [1.29, 1.82) is 0 Å². The maximum atomic E-state index is 13.2. The van der Waals surface area contributed by atoms with Crippen LogP contribution in [0.2, 0.25) is 5.02 Å². The first kappa shape index (κ1) is 12.3. The summed E-state index contributed by atoms with van der Waals surface area (Å²) >= 11 is 9.21. The molecule has 0 saturated carbocycles. The second-order valence-corrected chi connectivity index (χ2v) is 4.90. The summed E-state index contributed by atoms with van der Waals surface area (Å²) in [6, 6.07) is 11.8. The Hall–Kier alpha value is -1.12. The van der Waals surface area contributed by atoms with Crippen LogP contribution in [0.3, 0.4) is 0 Å². The minimum atomic E-state index is -0.279. The molecule has 0 aromatic heterocycles. The molecule has 0 aliphatic carbocycles. The zero-order valence-corrected chi connectivity index (χ0v) is 11.2. The smallest absolute Gasteiger partial charge is 0.123 e. The van der Waals surface area contributed by atoms with E-state index < -0.39 is 0 Å². The molecule has 0 atom stereocenters. The van der Waals surface area contributed by atoms with E-state index in [1.807, 2.05) is 12.1 Å². The van der Waals surface area contributed by atoms with Crippen LogP contribution >= 0.6 is 27.5 Å². The molecule has 0 heterocycles. The van der Waals surface area contributed by atoms with Crippen molar-refractivity contribution >= 4 is 33.1 Å². The van der Waals surface area contributed by atoms with E-state index in [1.54, 1.807) is 18.2 Å². The average molecular weight is 312 g/mol. The molecule has 0 aliphatic rings. The van der Waals surface area contributed by atoms with Crippen molar-refractivity contribution in [3.05, 3.63) is 75.5 Å². The van der Waals surface area contributed by atoms with Crippen molar-refractivity contribution < 1.29 is 4.39 Å². The zero-order chi connectivity index (χ0) is 12.4. The molecule has 0 unspecified atom stereocenters. The maximum Gasteiger partial charge on any atom is 0.123 e. The van der Waals surface area contributed by atoms with Crippen LogP contribution in [0.4, 0.5) is 4.39 Å². The van der Waals surface area contributed by atoms with Crippen LogP contribution < -0.4 is 0 Å². The third-order valence-corrected chi connectivity index (χ3v) is 3.39. The summed E-state index contributed by atoms with van der Waals surface area (Å²) in [4.78, 5) is 0. The molecule has 2 rings (SSSR count). The van der Waals surface area contributed by atoms with Crippen molar-refractivity contribution in [2.24, 2.45) is 0 Å². The Bertz CT molecular complexity index is 561. The molecule has 3 heteroatoms.